The van der Waals surface area contributed by atoms with Gasteiger partial charge >= 0.3 is 6.18 Å². The first-order valence-electron chi connectivity index (χ1n) is 14.6. The summed E-state index contributed by atoms with van der Waals surface area (Å²) in [5.74, 6) is 0.611. The summed E-state index contributed by atoms with van der Waals surface area (Å²) in [5, 5.41) is 16.0. The van der Waals surface area contributed by atoms with Crippen molar-refractivity contribution in [2.24, 2.45) is 20.0 Å². The number of alkyl halides is 3. The van der Waals surface area contributed by atoms with Crippen molar-refractivity contribution >= 4 is 17.5 Å². The number of benzene rings is 1. The number of unbranched alkanes of at least 4 members (excludes halogenated alkanes) is 1. The van der Waals surface area contributed by atoms with Crippen LogP contribution in [-0.2, 0) is 25.8 Å². The summed E-state index contributed by atoms with van der Waals surface area (Å²) in [5.41, 5.74) is 0.114. The highest BCUT2D eigenvalue weighted by molar-refractivity contribution is 6.12. The van der Waals surface area contributed by atoms with Gasteiger partial charge in [-0.05, 0) is 50.5 Å². The van der Waals surface area contributed by atoms with Gasteiger partial charge in [0.25, 0.3) is 5.91 Å². The summed E-state index contributed by atoms with van der Waals surface area (Å²) in [6.07, 6.45) is 1.62. The van der Waals surface area contributed by atoms with Gasteiger partial charge < -0.3 is 9.88 Å². The van der Waals surface area contributed by atoms with Gasteiger partial charge in [-0.15, -0.1) is 10.2 Å². The van der Waals surface area contributed by atoms with E-state index in [1.807, 2.05) is 27.0 Å². The Hall–Kier alpha value is -4.22. The Morgan fingerprint density at radius 2 is 1.86 bits per heavy atom. The standard InChI is InChI=1S/C31H37F3N8O/c1-7-10-12-20(8-2)30(4)26-21(13-11-14-23(26)31(32,33)34)29(43)42(30)25-16-19(15-24(38-25)35-9-3)27-22(17-37-41(27)6)28-39-36-18-40(28)5/h11,13-18,20H,7-10,12H2,1-6H3,(H,35,38). The van der Waals surface area contributed by atoms with E-state index in [0.29, 0.717) is 42.3 Å². The fraction of sp³-hybridized carbons (Fsp3) is 0.452. The molecule has 12 heteroatoms. The van der Waals surface area contributed by atoms with E-state index in [0.717, 1.165) is 24.5 Å². The molecule has 4 aromatic rings. The van der Waals surface area contributed by atoms with Crippen molar-refractivity contribution in [3.05, 3.63) is 59.5 Å². The minimum atomic E-state index is -4.63. The molecule has 1 N–H and O–H groups in total. The van der Waals surface area contributed by atoms with E-state index in [-0.39, 0.29) is 22.9 Å². The number of rotatable bonds is 10. The number of pyridine rings is 1. The third-order valence-corrected chi connectivity index (χ3v) is 8.53. The molecule has 0 bridgehead atoms. The average molecular weight is 595 g/mol. The second kappa shape index (κ2) is 11.5. The predicted octanol–water partition coefficient (Wildman–Crippen LogP) is 6.82. The number of hydrogen-bond donors (Lipinski definition) is 1. The molecule has 0 saturated carbocycles. The number of halogens is 3. The Morgan fingerprint density at radius 3 is 2.49 bits per heavy atom. The number of carbonyl (C=O) groups excluding carboxylic acids is 1. The molecule has 1 aliphatic heterocycles. The minimum absolute atomic E-state index is 0.0213. The molecule has 0 radical (unpaired) electrons. The monoisotopic (exact) mass is 594 g/mol. The van der Waals surface area contributed by atoms with Crippen LogP contribution >= 0.6 is 0 Å². The van der Waals surface area contributed by atoms with Crippen LogP contribution in [0.2, 0.25) is 0 Å². The maximum absolute atomic E-state index is 14.6. The molecular formula is C31H37F3N8O. The zero-order valence-electron chi connectivity index (χ0n) is 25.3. The molecule has 1 aromatic carbocycles. The summed E-state index contributed by atoms with van der Waals surface area (Å²) in [6, 6.07) is 7.51. The van der Waals surface area contributed by atoms with Gasteiger partial charge in [-0.1, -0.05) is 39.2 Å². The highest BCUT2D eigenvalue weighted by Crippen LogP contribution is 2.53. The highest BCUT2D eigenvalue weighted by Gasteiger charge is 2.55. The lowest BCUT2D eigenvalue weighted by atomic mass is 9.73. The van der Waals surface area contributed by atoms with Crippen molar-refractivity contribution in [2.45, 2.75) is 65.1 Å². The smallest absolute Gasteiger partial charge is 0.370 e. The zero-order chi connectivity index (χ0) is 31.1. The first-order valence-corrected chi connectivity index (χ1v) is 14.6. The Bertz CT molecular complexity index is 1640. The lowest BCUT2D eigenvalue weighted by molar-refractivity contribution is -0.138. The van der Waals surface area contributed by atoms with Crippen LogP contribution in [0.5, 0.6) is 0 Å². The molecule has 3 aromatic heterocycles. The van der Waals surface area contributed by atoms with Crippen LogP contribution in [-0.4, -0.2) is 42.0 Å². The molecule has 0 aliphatic carbocycles. The fourth-order valence-electron chi connectivity index (χ4n) is 6.53. The molecule has 0 fully saturated rings. The number of nitrogens with zero attached hydrogens (tertiary/aromatic N) is 7. The summed E-state index contributed by atoms with van der Waals surface area (Å²) >= 11 is 0. The molecule has 2 atom stereocenters. The van der Waals surface area contributed by atoms with E-state index in [1.54, 1.807) is 41.8 Å². The predicted molar refractivity (Wildman–Crippen MR) is 160 cm³/mol. The van der Waals surface area contributed by atoms with Crippen molar-refractivity contribution in [1.82, 2.24) is 29.5 Å². The van der Waals surface area contributed by atoms with Crippen LogP contribution in [0, 0.1) is 5.92 Å². The molecule has 228 valence electrons. The number of anilines is 2. The third-order valence-electron chi connectivity index (χ3n) is 8.53. The second-order valence-corrected chi connectivity index (χ2v) is 11.2. The molecule has 0 spiro atoms. The van der Waals surface area contributed by atoms with E-state index in [4.69, 9.17) is 4.98 Å². The van der Waals surface area contributed by atoms with Gasteiger partial charge in [0.2, 0.25) is 0 Å². The van der Waals surface area contributed by atoms with Crippen molar-refractivity contribution in [2.75, 3.05) is 16.8 Å². The van der Waals surface area contributed by atoms with Crippen molar-refractivity contribution < 1.29 is 18.0 Å². The lowest BCUT2D eigenvalue weighted by Gasteiger charge is -2.43. The van der Waals surface area contributed by atoms with Crippen LogP contribution in [0.4, 0.5) is 24.8 Å². The molecular weight excluding hydrogens is 557 g/mol. The van der Waals surface area contributed by atoms with Gasteiger partial charge in [-0.2, -0.15) is 18.3 Å². The van der Waals surface area contributed by atoms with Crippen molar-refractivity contribution in [1.29, 1.82) is 0 Å². The van der Waals surface area contributed by atoms with Crippen molar-refractivity contribution in [3.63, 3.8) is 0 Å². The molecule has 43 heavy (non-hydrogen) atoms. The van der Waals surface area contributed by atoms with E-state index >= 15 is 0 Å². The Kier molecular flexibility index (Phi) is 8.06. The molecule has 1 aliphatic rings. The van der Waals surface area contributed by atoms with Crippen LogP contribution in [0.15, 0.2) is 42.9 Å². The minimum Gasteiger partial charge on any atom is -0.370 e. The number of fused-ring (bicyclic) bond motifs is 1. The molecule has 9 nitrogen and oxygen atoms in total. The number of aryl methyl sites for hydroxylation is 2. The molecule has 2 unspecified atom stereocenters. The van der Waals surface area contributed by atoms with Crippen LogP contribution < -0.4 is 10.2 Å². The number of aromatic nitrogens is 6. The van der Waals surface area contributed by atoms with Crippen LogP contribution in [0.1, 0.15) is 74.9 Å². The van der Waals surface area contributed by atoms with Gasteiger partial charge in [-0.3, -0.25) is 14.4 Å². The van der Waals surface area contributed by atoms with E-state index in [1.165, 1.54) is 17.0 Å². The fourth-order valence-corrected chi connectivity index (χ4v) is 6.53. The van der Waals surface area contributed by atoms with Crippen LogP contribution in [0.3, 0.4) is 0 Å². The van der Waals surface area contributed by atoms with Gasteiger partial charge in [-0.25, -0.2) is 4.98 Å². The summed E-state index contributed by atoms with van der Waals surface area (Å²) in [4.78, 5) is 20.6. The number of nitrogens with one attached hydrogen (secondary N) is 1. The van der Waals surface area contributed by atoms with E-state index < -0.39 is 23.2 Å². The molecule has 4 heterocycles. The maximum Gasteiger partial charge on any atom is 0.416 e. The molecule has 5 rings (SSSR count). The lowest BCUT2D eigenvalue weighted by Crippen LogP contribution is -2.48. The van der Waals surface area contributed by atoms with Gasteiger partial charge in [0, 0.05) is 37.3 Å². The third kappa shape index (κ3) is 5.06. The zero-order valence-corrected chi connectivity index (χ0v) is 25.3. The molecule has 1 amide bonds. The SMILES string of the molecule is CCCCC(CC)C1(C)c2c(cccc2C(F)(F)F)C(=O)N1c1cc(-c2c(-c3nncn3C)cnn2C)cc(NCC)n1. The quantitative estimate of drug-likeness (QED) is 0.217. The Balaban J connectivity index is 1.78. The first-order chi connectivity index (χ1) is 20.5. The largest absolute Gasteiger partial charge is 0.416 e. The number of amides is 1. The average Bonchev–Trinajstić information content (AvgIpc) is 3.62. The van der Waals surface area contributed by atoms with Gasteiger partial charge in [0.05, 0.1) is 28.6 Å². The first kappa shape index (κ1) is 30.2. The summed E-state index contributed by atoms with van der Waals surface area (Å²) in [6.45, 7) is 8.27. The van der Waals surface area contributed by atoms with E-state index in [2.05, 4.69) is 27.5 Å². The maximum atomic E-state index is 14.6. The van der Waals surface area contributed by atoms with Crippen LogP contribution in [0.25, 0.3) is 22.6 Å². The van der Waals surface area contributed by atoms with Gasteiger partial charge in [0.1, 0.15) is 18.0 Å². The molecule has 0 saturated heterocycles. The van der Waals surface area contributed by atoms with E-state index in [9.17, 15) is 18.0 Å². The number of hydrogen-bond acceptors (Lipinski definition) is 6. The summed E-state index contributed by atoms with van der Waals surface area (Å²) < 4.78 is 47.2. The van der Waals surface area contributed by atoms with Gasteiger partial charge in [0.15, 0.2) is 5.82 Å². The van der Waals surface area contributed by atoms with Crippen molar-refractivity contribution in [3.8, 4) is 22.6 Å². The topological polar surface area (TPSA) is 93.8 Å². The number of carbonyl (C=O) groups is 1. The Morgan fingerprint density at radius 1 is 1.09 bits per heavy atom. The second-order valence-electron chi connectivity index (χ2n) is 11.2. The summed E-state index contributed by atoms with van der Waals surface area (Å²) in [7, 11) is 3.63. The normalized spacial score (nSPS) is 17.4. The highest BCUT2D eigenvalue weighted by atomic mass is 19.4. The Labute approximate surface area is 249 Å².